The molecule has 0 amide bonds. The van der Waals surface area contributed by atoms with Crippen molar-refractivity contribution in [2.75, 3.05) is 12.9 Å². The third kappa shape index (κ3) is 4.95. The molecule has 1 atom stereocenters. The van der Waals surface area contributed by atoms with Gasteiger partial charge in [-0.2, -0.15) is 0 Å². The van der Waals surface area contributed by atoms with Gasteiger partial charge in [-0.25, -0.2) is 8.42 Å². The van der Waals surface area contributed by atoms with Gasteiger partial charge in [0.2, 0.25) is 0 Å². The van der Waals surface area contributed by atoms with Gasteiger partial charge in [0.05, 0.1) is 24.5 Å². The summed E-state index contributed by atoms with van der Waals surface area (Å²) in [6, 6.07) is 5.45. The molecule has 19 heavy (non-hydrogen) atoms. The molecular formula is C13H17BrO4S. The number of carbonyl (C=O) groups is 1. The third-order valence-corrected chi connectivity index (χ3v) is 5.04. The Morgan fingerprint density at radius 2 is 2.05 bits per heavy atom. The van der Waals surface area contributed by atoms with Gasteiger partial charge in [-0.15, -0.1) is 0 Å². The first kappa shape index (κ1) is 16.2. The number of esters is 1. The molecule has 1 aromatic rings. The Labute approximate surface area is 122 Å². The van der Waals surface area contributed by atoms with Gasteiger partial charge in [-0.05, 0) is 30.2 Å². The van der Waals surface area contributed by atoms with Crippen molar-refractivity contribution < 1.29 is 17.9 Å². The standard InChI is InChI=1S/C13H17BrO4S/c1-9-6-12(14)5-4-11(9)8-19(16,17)7-10(2)13(15)18-3/h4-6,10H,7-8H2,1-3H3. The Bertz CT molecular complexity index is 566. The summed E-state index contributed by atoms with van der Waals surface area (Å²) in [6.07, 6.45) is 0. The number of carbonyl (C=O) groups excluding carboxylic acids is 1. The van der Waals surface area contributed by atoms with E-state index in [1.165, 1.54) is 7.11 Å². The van der Waals surface area contributed by atoms with Crippen molar-refractivity contribution in [3.05, 3.63) is 33.8 Å². The quantitative estimate of drug-likeness (QED) is 0.767. The molecule has 6 heteroatoms. The number of hydrogen-bond donors (Lipinski definition) is 0. The highest BCUT2D eigenvalue weighted by Crippen LogP contribution is 2.19. The third-order valence-electron chi connectivity index (χ3n) is 2.79. The van der Waals surface area contributed by atoms with Crippen LogP contribution in [0.3, 0.4) is 0 Å². The van der Waals surface area contributed by atoms with Gasteiger partial charge in [0.1, 0.15) is 0 Å². The second kappa shape index (κ2) is 6.52. The maximum absolute atomic E-state index is 12.0. The molecule has 0 aliphatic carbocycles. The zero-order chi connectivity index (χ0) is 14.6. The zero-order valence-corrected chi connectivity index (χ0v) is 13.5. The van der Waals surface area contributed by atoms with Gasteiger partial charge in [0.15, 0.2) is 9.84 Å². The van der Waals surface area contributed by atoms with Crippen LogP contribution in [0.15, 0.2) is 22.7 Å². The first-order valence-corrected chi connectivity index (χ1v) is 8.40. The molecule has 0 saturated heterocycles. The summed E-state index contributed by atoms with van der Waals surface area (Å²) >= 11 is 3.33. The van der Waals surface area contributed by atoms with Crippen molar-refractivity contribution in [2.24, 2.45) is 5.92 Å². The molecule has 0 bridgehead atoms. The molecule has 0 saturated carbocycles. The van der Waals surface area contributed by atoms with E-state index in [-0.39, 0.29) is 11.5 Å². The molecule has 0 radical (unpaired) electrons. The Hall–Kier alpha value is -0.880. The maximum atomic E-state index is 12.0. The molecule has 0 N–H and O–H groups in total. The summed E-state index contributed by atoms with van der Waals surface area (Å²) in [7, 11) is -2.09. The van der Waals surface area contributed by atoms with Gasteiger partial charge in [-0.1, -0.05) is 28.9 Å². The van der Waals surface area contributed by atoms with Crippen LogP contribution in [0.25, 0.3) is 0 Å². The SMILES string of the molecule is COC(=O)C(C)CS(=O)(=O)Cc1ccc(Br)cc1C. The summed E-state index contributed by atoms with van der Waals surface area (Å²) in [6.45, 7) is 3.41. The highest BCUT2D eigenvalue weighted by atomic mass is 79.9. The largest absolute Gasteiger partial charge is 0.469 e. The molecule has 1 aromatic carbocycles. The number of aryl methyl sites for hydroxylation is 1. The molecule has 1 rings (SSSR count). The smallest absolute Gasteiger partial charge is 0.309 e. The van der Waals surface area contributed by atoms with E-state index >= 15 is 0 Å². The number of hydrogen-bond acceptors (Lipinski definition) is 4. The highest BCUT2D eigenvalue weighted by molar-refractivity contribution is 9.10. The molecule has 1 unspecified atom stereocenters. The number of rotatable bonds is 5. The molecule has 0 heterocycles. The van der Waals surface area contributed by atoms with Crippen LogP contribution in [0.4, 0.5) is 0 Å². The topological polar surface area (TPSA) is 60.4 Å². The highest BCUT2D eigenvalue weighted by Gasteiger charge is 2.22. The van der Waals surface area contributed by atoms with Crippen LogP contribution in [0.2, 0.25) is 0 Å². The van der Waals surface area contributed by atoms with E-state index < -0.39 is 21.7 Å². The molecular weight excluding hydrogens is 332 g/mol. The van der Waals surface area contributed by atoms with Crippen LogP contribution >= 0.6 is 15.9 Å². The van der Waals surface area contributed by atoms with Crippen LogP contribution in [-0.2, 0) is 25.1 Å². The Kier molecular flexibility index (Phi) is 5.55. The fourth-order valence-electron chi connectivity index (χ4n) is 1.77. The summed E-state index contributed by atoms with van der Waals surface area (Å²) in [5.74, 6) is -1.41. The minimum atomic E-state index is -3.34. The van der Waals surface area contributed by atoms with Crippen molar-refractivity contribution in [1.82, 2.24) is 0 Å². The van der Waals surface area contributed by atoms with E-state index in [4.69, 9.17) is 0 Å². The average molecular weight is 349 g/mol. The number of sulfone groups is 1. The maximum Gasteiger partial charge on any atom is 0.309 e. The molecule has 0 aliphatic heterocycles. The van der Waals surface area contributed by atoms with Crippen molar-refractivity contribution in [3.8, 4) is 0 Å². The van der Waals surface area contributed by atoms with Crippen LogP contribution in [-0.4, -0.2) is 27.2 Å². The number of benzene rings is 1. The van der Waals surface area contributed by atoms with Crippen molar-refractivity contribution in [3.63, 3.8) is 0 Å². The summed E-state index contributed by atoms with van der Waals surface area (Å²) in [4.78, 5) is 11.3. The monoisotopic (exact) mass is 348 g/mol. The van der Waals surface area contributed by atoms with Gasteiger partial charge < -0.3 is 4.74 Å². The molecule has 0 spiro atoms. The van der Waals surface area contributed by atoms with Crippen LogP contribution in [0.1, 0.15) is 18.1 Å². The van der Waals surface area contributed by atoms with Gasteiger partial charge in [0, 0.05) is 4.47 Å². The number of halogens is 1. The summed E-state index contributed by atoms with van der Waals surface area (Å²) in [5, 5.41) is 0. The molecule has 106 valence electrons. The lowest BCUT2D eigenvalue weighted by Crippen LogP contribution is -2.23. The fourth-order valence-corrected chi connectivity index (χ4v) is 4.06. The van der Waals surface area contributed by atoms with Crippen molar-refractivity contribution in [1.29, 1.82) is 0 Å². The Morgan fingerprint density at radius 3 is 2.58 bits per heavy atom. The fraction of sp³-hybridized carbons (Fsp3) is 0.462. The van der Waals surface area contributed by atoms with Gasteiger partial charge in [0.25, 0.3) is 0 Å². The Morgan fingerprint density at radius 1 is 1.42 bits per heavy atom. The van der Waals surface area contributed by atoms with Crippen LogP contribution in [0.5, 0.6) is 0 Å². The summed E-state index contributed by atoms with van der Waals surface area (Å²) < 4.78 is 29.5. The van der Waals surface area contributed by atoms with E-state index in [2.05, 4.69) is 20.7 Å². The summed E-state index contributed by atoms with van der Waals surface area (Å²) in [5.41, 5.74) is 1.66. The van der Waals surface area contributed by atoms with E-state index in [1.807, 2.05) is 19.1 Å². The lowest BCUT2D eigenvalue weighted by atomic mass is 10.1. The van der Waals surface area contributed by atoms with Gasteiger partial charge >= 0.3 is 5.97 Å². The number of methoxy groups -OCH3 is 1. The zero-order valence-electron chi connectivity index (χ0n) is 11.1. The first-order valence-electron chi connectivity index (χ1n) is 5.78. The molecule has 0 fully saturated rings. The second-order valence-corrected chi connectivity index (χ2v) is 7.57. The lowest BCUT2D eigenvalue weighted by molar-refractivity contribution is -0.144. The van der Waals surface area contributed by atoms with E-state index in [9.17, 15) is 13.2 Å². The minimum absolute atomic E-state index is 0.0621. The van der Waals surface area contributed by atoms with Crippen molar-refractivity contribution in [2.45, 2.75) is 19.6 Å². The minimum Gasteiger partial charge on any atom is -0.469 e. The molecule has 0 aliphatic rings. The van der Waals surface area contributed by atoms with E-state index in [0.29, 0.717) is 0 Å². The lowest BCUT2D eigenvalue weighted by Gasteiger charge is -2.11. The van der Waals surface area contributed by atoms with Crippen LogP contribution in [0, 0.1) is 12.8 Å². The van der Waals surface area contributed by atoms with E-state index in [0.717, 1.165) is 15.6 Å². The predicted molar refractivity (Wildman–Crippen MR) is 77.5 cm³/mol. The predicted octanol–water partition coefficient (Wildman–Crippen LogP) is 2.48. The molecule has 0 aromatic heterocycles. The Balaban J connectivity index is 2.82. The first-order chi connectivity index (χ1) is 8.75. The normalized spacial score (nSPS) is 13.1. The van der Waals surface area contributed by atoms with Crippen LogP contribution < -0.4 is 0 Å². The van der Waals surface area contributed by atoms with Crippen molar-refractivity contribution >= 4 is 31.7 Å². The molecule has 4 nitrogen and oxygen atoms in total. The second-order valence-electron chi connectivity index (χ2n) is 4.55. The average Bonchev–Trinajstić information content (AvgIpc) is 2.31. The van der Waals surface area contributed by atoms with Gasteiger partial charge in [-0.3, -0.25) is 4.79 Å². The number of ether oxygens (including phenoxy) is 1. The van der Waals surface area contributed by atoms with E-state index in [1.54, 1.807) is 13.0 Å².